The topological polar surface area (TPSA) is 84.5 Å². The van der Waals surface area contributed by atoms with Gasteiger partial charge < -0.3 is 10.1 Å². The number of amides is 1. The van der Waals surface area contributed by atoms with Gasteiger partial charge in [0, 0.05) is 24.0 Å². The summed E-state index contributed by atoms with van der Waals surface area (Å²) in [5.74, 6) is 0.169. The lowest BCUT2D eigenvalue weighted by molar-refractivity contribution is -0.180. The second kappa shape index (κ2) is 5.43. The zero-order chi connectivity index (χ0) is 17.0. The fraction of sp³-hybridized carbons (Fsp3) is 0.938. The van der Waals surface area contributed by atoms with E-state index in [2.05, 4.69) is 10.0 Å². The van der Waals surface area contributed by atoms with Crippen LogP contribution < -0.4 is 10.0 Å². The Hall–Kier alpha value is -0.660. The normalized spacial score (nSPS) is 33.5. The van der Waals surface area contributed by atoms with Gasteiger partial charge in [0.2, 0.25) is 15.9 Å². The molecular weight excluding hydrogens is 316 g/mol. The van der Waals surface area contributed by atoms with Crippen LogP contribution in [0.5, 0.6) is 0 Å². The molecule has 3 rings (SSSR count). The smallest absolute Gasteiger partial charge is 0.238 e. The van der Waals surface area contributed by atoms with E-state index in [1.165, 1.54) is 6.42 Å². The standard InChI is InChI=1S/C16H28N2O4S/c1-15(2,3)12(18-23(4,20)21)14(19)17-11-10-6-9-22-13(10)16(11)7-5-8-16/h10-13,18H,5-9H2,1-4H3,(H,17,19). The minimum absolute atomic E-state index is 0.102. The average Bonchev–Trinajstić information content (AvgIpc) is 2.74. The molecule has 0 aromatic heterocycles. The van der Waals surface area contributed by atoms with Gasteiger partial charge in [0.25, 0.3) is 0 Å². The lowest BCUT2D eigenvalue weighted by atomic mass is 9.46. The van der Waals surface area contributed by atoms with E-state index in [0.29, 0.717) is 5.92 Å². The first-order valence-corrected chi connectivity index (χ1v) is 10.3. The predicted octanol–water partition coefficient (Wildman–Crippen LogP) is 1.02. The maximum absolute atomic E-state index is 12.8. The Morgan fingerprint density at radius 3 is 2.43 bits per heavy atom. The van der Waals surface area contributed by atoms with E-state index < -0.39 is 21.5 Å². The van der Waals surface area contributed by atoms with E-state index in [0.717, 1.165) is 32.1 Å². The third-order valence-corrected chi connectivity index (χ3v) is 6.46. The highest BCUT2D eigenvalue weighted by Gasteiger charge is 2.67. The van der Waals surface area contributed by atoms with Crippen LogP contribution >= 0.6 is 0 Å². The second-order valence-corrected chi connectivity index (χ2v) is 10.3. The molecule has 3 aliphatic rings. The lowest BCUT2D eigenvalue weighted by Gasteiger charge is -2.63. The van der Waals surface area contributed by atoms with Crippen LogP contribution in [0.15, 0.2) is 0 Å². The molecule has 23 heavy (non-hydrogen) atoms. The molecular formula is C16H28N2O4S. The Labute approximate surface area is 138 Å². The molecule has 4 unspecified atom stereocenters. The number of hydrogen-bond donors (Lipinski definition) is 2. The molecule has 3 fully saturated rings. The molecule has 0 radical (unpaired) electrons. The van der Waals surface area contributed by atoms with E-state index in [1.807, 2.05) is 20.8 Å². The first-order chi connectivity index (χ1) is 10.5. The van der Waals surface area contributed by atoms with Crippen molar-refractivity contribution in [2.45, 2.75) is 64.6 Å². The van der Waals surface area contributed by atoms with Crippen LogP contribution in [-0.4, -0.2) is 45.4 Å². The zero-order valence-electron chi connectivity index (χ0n) is 14.4. The van der Waals surface area contributed by atoms with Crippen LogP contribution in [0.2, 0.25) is 0 Å². The van der Waals surface area contributed by atoms with E-state index in [4.69, 9.17) is 4.74 Å². The highest BCUT2D eigenvalue weighted by atomic mass is 32.2. The van der Waals surface area contributed by atoms with Crippen LogP contribution in [0, 0.1) is 16.7 Å². The van der Waals surface area contributed by atoms with Crippen molar-refractivity contribution in [1.82, 2.24) is 10.0 Å². The van der Waals surface area contributed by atoms with Crippen molar-refractivity contribution in [3.8, 4) is 0 Å². The molecule has 1 saturated heterocycles. The Kier molecular flexibility index (Phi) is 4.05. The van der Waals surface area contributed by atoms with Gasteiger partial charge in [0.1, 0.15) is 6.04 Å². The molecule has 1 aliphatic heterocycles. The van der Waals surface area contributed by atoms with Gasteiger partial charge >= 0.3 is 0 Å². The van der Waals surface area contributed by atoms with Gasteiger partial charge in [-0.25, -0.2) is 13.1 Å². The van der Waals surface area contributed by atoms with Gasteiger partial charge in [-0.15, -0.1) is 0 Å². The number of hydrogen-bond acceptors (Lipinski definition) is 4. The molecule has 2 N–H and O–H groups in total. The average molecular weight is 344 g/mol. The van der Waals surface area contributed by atoms with E-state index in [1.54, 1.807) is 0 Å². The molecule has 132 valence electrons. The van der Waals surface area contributed by atoms with Crippen LogP contribution in [-0.2, 0) is 19.6 Å². The first kappa shape index (κ1) is 17.2. The number of sulfonamides is 1. The monoisotopic (exact) mass is 344 g/mol. The molecule has 1 heterocycles. The SMILES string of the molecule is CC(C)(C)C(NS(C)(=O)=O)C(=O)NC1C2CCOC2C12CCC2. The maximum atomic E-state index is 12.8. The van der Waals surface area contributed by atoms with E-state index in [9.17, 15) is 13.2 Å². The molecule has 0 aromatic rings. The Bertz CT molecular complexity index is 592. The molecule has 1 spiro atoms. The van der Waals surface area contributed by atoms with Crippen molar-refractivity contribution >= 4 is 15.9 Å². The van der Waals surface area contributed by atoms with Crippen molar-refractivity contribution in [3.63, 3.8) is 0 Å². The third kappa shape index (κ3) is 2.91. The van der Waals surface area contributed by atoms with E-state index >= 15 is 0 Å². The molecule has 0 aromatic carbocycles. The number of nitrogens with one attached hydrogen (secondary N) is 2. The second-order valence-electron chi connectivity index (χ2n) is 8.51. The van der Waals surface area contributed by atoms with Gasteiger partial charge in [0.15, 0.2) is 0 Å². The van der Waals surface area contributed by atoms with Gasteiger partial charge in [-0.3, -0.25) is 4.79 Å². The quantitative estimate of drug-likeness (QED) is 0.798. The molecule has 4 atom stereocenters. The highest BCUT2D eigenvalue weighted by Crippen LogP contribution is 2.62. The van der Waals surface area contributed by atoms with Crippen molar-refractivity contribution in [2.75, 3.05) is 12.9 Å². The van der Waals surface area contributed by atoms with Crippen LogP contribution in [0.1, 0.15) is 46.5 Å². The fourth-order valence-electron chi connectivity index (χ4n) is 4.53. The van der Waals surface area contributed by atoms with Crippen LogP contribution in [0.25, 0.3) is 0 Å². The highest BCUT2D eigenvalue weighted by molar-refractivity contribution is 7.88. The summed E-state index contributed by atoms with van der Waals surface area (Å²) in [6.07, 6.45) is 5.74. The number of ether oxygens (including phenoxy) is 1. The van der Waals surface area contributed by atoms with Crippen molar-refractivity contribution < 1.29 is 17.9 Å². The van der Waals surface area contributed by atoms with Gasteiger partial charge in [0.05, 0.1) is 12.4 Å². The lowest BCUT2D eigenvalue weighted by Crippen LogP contribution is -2.73. The summed E-state index contributed by atoms with van der Waals surface area (Å²) >= 11 is 0. The Morgan fingerprint density at radius 1 is 1.30 bits per heavy atom. The summed E-state index contributed by atoms with van der Waals surface area (Å²) in [5.41, 5.74) is -0.389. The molecule has 1 amide bonds. The van der Waals surface area contributed by atoms with Crippen molar-refractivity contribution in [1.29, 1.82) is 0 Å². The summed E-state index contributed by atoms with van der Waals surface area (Å²) in [6.45, 7) is 6.39. The van der Waals surface area contributed by atoms with Gasteiger partial charge in [-0.2, -0.15) is 0 Å². The number of fused-ring (bicyclic) bond motifs is 2. The summed E-state index contributed by atoms with van der Waals surface area (Å²) in [6, 6.07) is -0.640. The summed E-state index contributed by atoms with van der Waals surface area (Å²) in [7, 11) is -3.45. The minimum atomic E-state index is -3.45. The summed E-state index contributed by atoms with van der Waals surface area (Å²) in [5, 5.41) is 3.16. The molecule has 7 heteroatoms. The van der Waals surface area contributed by atoms with Gasteiger partial charge in [-0.05, 0) is 24.7 Å². The number of carbonyl (C=O) groups is 1. The molecule has 2 saturated carbocycles. The third-order valence-electron chi connectivity index (χ3n) is 5.79. The van der Waals surface area contributed by atoms with Gasteiger partial charge in [-0.1, -0.05) is 27.2 Å². The van der Waals surface area contributed by atoms with Crippen molar-refractivity contribution in [2.24, 2.45) is 16.7 Å². The minimum Gasteiger partial charge on any atom is -0.377 e. The van der Waals surface area contributed by atoms with E-state index in [-0.39, 0.29) is 23.5 Å². The number of rotatable bonds is 4. The van der Waals surface area contributed by atoms with Crippen LogP contribution in [0.4, 0.5) is 0 Å². The first-order valence-electron chi connectivity index (χ1n) is 8.44. The Balaban J connectivity index is 1.74. The maximum Gasteiger partial charge on any atom is 0.238 e. The fourth-order valence-corrected chi connectivity index (χ4v) is 5.42. The summed E-state index contributed by atoms with van der Waals surface area (Å²) in [4.78, 5) is 12.8. The predicted molar refractivity (Wildman–Crippen MR) is 87.3 cm³/mol. The zero-order valence-corrected chi connectivity index (χ0v) is 15.2. The van der Waals surface area contributed by atoms with Crippen LogP contribution in [0.3, 0.4) is 0 Å². The largest absolute Gasteiger partial charge is 0.377 e. The number of carbonyl (C=O) groups excluding carboxylic acids is 1. The molecule has 2 aliphatic carbocycles. The summed E-state index contributed by atoms with van der Waals surface area (Å²) < 4.78 is 31.6. The molecule has 0 bridgehead atoms. The van der Waals surface area contributed by atoms with Crippen molar-refractivity contribution in [3.05, 3.63) is 0 Å². The Morgan fingerprint density at radius 2 is 1.96 bits per heavy atom. The molecule has 6 nitrogen and oxygen atoms in total.